The zero-order valence-corrected chi connectivity index (χ0v) is 15.5. The Labute approximate surface area is 164 Å². The number of anilines is 1. The number of ketones is 1. The highest BCUT2D eigenvalue weighted by Gasteiger charge is 2.31. The van der Waals surface area contributed by atoms with Gasteiger partial charge < -0.3 is 9.73 Å². The van der Waals surface area contributed by atoms with E-state index in [0.29, 0.717) is 29.4 Å². The van der Waals surface area contributed by atoms with Gasteiger partial charge in [0, 0.05) is 17.2 Å². The summed E-state index contributed by atoms with van der Waals surface area (Å²) in [5, 5.41) is 2.92. The van der Waals surface area contributed by atoms with Gasteiger partial charge in [-0.1, -0.05) is 42.5 Å². The van der Waals surface area contributed by atoms with Crippen molar-refractivity contribution in [1.29, 1.82) is 0 Å². The maximum Gasteiger partial charge on any atom is 0.238 e. The van der Waals surface area contributed by atoms with E-state index in [4.69, 9.17) is 4.42 Å². The summed E-state index contributed by atoms with van der Waals surface area (Å²) >= 11 is 0. The lowest BCUT2D eigenvalue weighted by molar-refractivity contribution is -0.117. The number of nitrogens with one attached hydrogen (secondary N) is 1. The number of furan rings is 1. The molecule has 1 heterocycles. The van der Waals surface area contributed by atoms with Crippen molar-refractivity contribution in [3.8, 4) is 0 Å². The lowest BCUT2D eigenvalue weighted by Gasteiger charge is -2.20. The van der Waals surface area contributed by atoms with Gasteiger partial charge in [-0.05, 0) is 37.1 Å². The van der Waals surface area contributed by atoms with Gasteiger partial charge in [-0.3, -0.25) is 14.5 Å². The molecule has 0 radical (unpaired) electrons. The maximum atomic E-state index is 12.8. The molecule has 0 spiro atoms. The molecule has 1 aliphatic carbocycles. The highest BCUT2D eigenvalue weighted by Crippen LogP contribution is 2.28. The lowest BCUT2D eigenvalue weighted by atomic mass is 10.0. The first-order valence-corrected chi connectivity index (χ1v) is 9.46. The number of carbonyl (C=O) groups excluding carboxylic acids is 2. The summed E-state index contributed by atoms with van der Waals surface area (Å²) in [5.74, 6) is 0.609. The number of benzene rings is 2. The van der Waals surface area contributed by atoms with Crippen molar-refractivity contribution in [2.24, 2.45) is 0 Å². The van der Waals surface area contributed by atoms with Crippen molar-refractivity contribution >= 4 is 17.4 Å². The third kappa shape index (κ3) is 4.38. The van der Waals surface area contributed by atoms with Crippen molar-refractivity contribution in [3.63, 3.8) is 0 Å². The third-order valence-electron chi connectivity index (χ3n) is 4.83. The molecule has 28 heavy (non-hydrogen) atoms. The third-order valence-corrected chi connectivity index (χ3v) is 4.83. The molecule has 4 rings (SSSR count). The molecule has 1 saturated carbocycles. The number of nitrogens with zero attached hydrogens (tertiary/aromatic N) is 1. The van der Waals surface area contributed by atoms with Crippen molar-refractivity contribution in [1.82, 2.24) is 4.90 Å². The van der Waals surface area contributed by atoms with Crippen LogP contribution in [0, 0.1) is 0 Å². The van der Waals surface area contributed by atoms with E-state index in [-0.39, 0.29) is 18.2 Å². The summed E-state index contributed by atoms with van der Waals surface area (Å²) in [7, 11) is 0. The van der Waals surface area contributed by atoms with Crippen LogP contribution in [-0.2, 0) is 11.3 Å². The van der Waals surface area contributed by atoms with Gasteiger partial charge in [0.2, 0.25) is 5.91 Å². The molecule has 1 N–H and O–H groups in total. The number of rotatable bonds is 8. The Morgan fingerprint density at radius 1 is 0.964 bits per heavy atom. The van der Waals surface area contributed by atoms with E-state index >= 15 is 0 Å². The van der Waals surface area contributed by atoms with Crippen LogP contribution in [0.5, 0.6) is 0 Å². The molecule has 1 aromatic heterocycles. The van der Waals surface area contributed by atoms with E-state index in [1.54, 1.807) is 36.6 Å². The summed E-state index contributed by atoms with van der Waals surface area (Å²) in [6, 6.07) is 20.4. The monoisotopic (exact) mass is 374 g/mol. The summed E-state index contributed by atoms with van der Waals surface area (Å²) in [5.41, 5.74) is 1.63. The van der Waals surface area contributed by atoms with Gasteiger partial charge in [0.05, 0.1) is 25.0 Å². The molecule has 0 aliphatic heterocycles. The van der Waals surface area contributed by atoms with Crippen molar-refractivity contribution in [3.05, 3.63) is 89.9 Å². The van der Waals surface area contributed by atoms with E-state index in [1.165, 1.54) is 0 Å². The van der Waals surface area contributed by atoms with Gasteiger partial charge in [0.1, 0.15) is 5.76 Å². The largest absolute Gasteiger partial charge is 0.468 e. The van der Waals surface area contributed by atoms with E-state index in [9.17, 15) is 9.59 Å². The zero-order chi connectivity index (χ0) is 19.3. The molecule has 0 atom stereocenters. The minimum Gasteiger partial charge on any atom is -0.468 e. The summed E-state index contributed by atoms with van der Waals surface area (Å²) < 4.78 is 5.42. The smallest absolute Gasteiger partial charge is 0.238 e. The molecule has 2 aromatic carbocycles. The van der Waals surface area contributed by atoms with Gasteiger partial charge in [-0.15, -0.1) is 0 Å². The fraction of sp³-hybridized carbons (Fsp3) is 0.217. The van der Waals surface area contributed by atoms with Gasteiger partial charge in [0.15, 0.2) is 5.78 Å². The normalized spacial score (nSPS) is 13.5. The fourth-order valence-corrected chi connectivity index (χ4v) is 3.27. The average molecular weight is 374 g/mol. The molecule has 1 fully saturated rings. The van der Waals surface area contributed by atoms with Crippen LogP contribution in [0.2, 0.25) is 0 Å². The van der Waals surface area contributed by atoms with Crippen LogP contribution in [0.25, 0.3) is 0 Å². The predicted molar refractivity (Wildman–Crippen MR) is 107 cm³/mol. The first-order valence-electron chi connectivity index (χ1n) is 9.46. The molecule has 3 aromatic rings. The van der Waals surface area contributed by atoms with E-state index in [1.807, 2.05) is 36.4 Å². The minimum atomic E-state index is -0.133. The molecular weight excluding hydrogens is 352 g/mol. The molecule has 0 saturated heterocycles. The fourth-order valence-electron chi connectivity index (χ4n) is 3.27. The van der Waals surface area contributed by atoms with Crippen LogP contribution < -0.4 is 5.32 Å². The summed E-state index contributed by atoms with van der Waals surface area (Å²) in [4.78, 5) is 27.6. The molecule has 1 aliphatic rings. The Bertz CT molecular complexity index is 947. The number of para-hydroxylation sites is 1. The Morgan fingerprint density at radius 2 is 1.71 bits per heavy atom. The minimum absolute atomic E-state index is 0.105. The van der Waals surface area contributed by atoms with Crippen LogP contribution >= 0.6 is 0 Å². The Morgan fingerprint density at radius 3 is 2.43 bits per heavy atom. The van der Waals surface area contributed by atoms with E-state index in [0.717, 1.165) is 18.6 Å². The van der Waals surface area contributed by atoms with Gasteiger partial charge >= 0.3 is 0 Å². The first-order chi connectivity index (χ1) is 13.7. The second-order valence-electron chi connectivity index (χ2n) is 7.00. The van der Waals surface area contributed by atoms with Crippen molar-refractivity contribution in [2.75, 3.05) is 11.9 Å². The summed E-state index contributed by atoms with van der Waals surface area (Å²) in [6.45, 7) is 0.870. The first kappa shape index (κ1) is 18.2. The maximum absolute atomic E-state index is 12.8. The van der Waals surface area contributed by atoms with Gasteiger partial charge in [-0.2, -0.15) is 0 Å². The second kappa shape index (κ2) is 8.23. The SMILES string of the molecule is O=C(CN(Cc1ccco1)C1CC1)Nc1ccccc1C(=O)c1ccccc1. The average Bonchev–Trinajstić information content (AvgIpc) is 3.45. The lowest BCUT2D eigenvalue weighted by Crippen LogP contribution is -2.34. The molecule has 1 amide bonds. The zero-order valence-electron chi connectivity index (χ0n) is 15.5. The highest BCUT2D eigenvalue weighted by atomic mass is 16.3. The molecular formula is C23H22N2O3. The van der Waals surface area contributed by atoms with Crippen LogP contribution in [0.4, 0.5) is 5.69 Å². The van der Waals surface area contributed by atoms with Gasteiger partial charge in [0.25, 0.3) is 0 Å². The number of amides is 1. The van der Waals surface area contributed by atoms with Crippen LogP contribution in [0.15, 0.2) is 77.4 Å². The van der Waals surface area contributed by atoms with Crippen LogP contribution in [0.1, 0.15) is 34.5 Å². The predicted octanol–water partition coefficient (Wildman–Crippen LogP) is 4.11. The second-order valence-corrected chi connectivity index (χ2v) is 7.00. The van der Waals surface area contributed by atoms with Crippen molar-refractivity contribution < 1.29 is 14.0 Å². The highest BCUT2D eigenvalue weighted by molar-refractivity contribution is 6.13. The summed E-state index contributed by atoms with van der Waals surface area (Å²) in [6.07, 6.45) is 3.83. The van der Waals surface area contributed by atoms with E-state index < -0.39 is 0 Å². The number of hydrogen-bond acceptors (Lipinski definition) is 4. The standard InChI is InChI=1S/C23H22N2O3/c26-22(16-25(18-12-13-18)15-19-9-6-14-28-19)24-21-11-5-4-10-20(21)23(27)17-7-2-1-3-8-17/h1-11,14,18H,12-13,15-16H2,(H,24,26). The Hall–Kier alpha value is -3.18. The van der Waals surface area contributed by atoms with E-state index in [2.05, 4.69) is 10.2 Å². The Kier molecular flexibility index (Phi) is 5.35. The topological polar surface area (TPSA) is 62.6 Å². The molecule has 142 valence electrons. The van der Waals surface area contributed by atoms with Crippen LogP contribution in [-0.4, -0.2) is 29.2 Å². The molecule has 5 heteroatoms. The van der Waals surface area contributed by atoms with Crippen LogP contribution in [0.3, 0.4) is 0 Å². The molecule has 0 bridgehead atoms. The number of hydrogen-bond donors (Lipinski definition) is 1. The number of carbonyl (C=O) groups is 2. The Balaban J connectivity index is 1.46. The molecule has 0 unspecified atom stereocenters. The van der Waals surface area contributed by atoms with Gasteiger partial charge in [-0.25, -0.2) is 0 Å². The quantitative estimate of drug-likeness (QED) is 0.603. The molecule has 5 nitrogen and oxygen atoms in total. The van der Waals surface area contributed by atoms with Crippen molar-refractivity contribution in [2.45, 2.75) is 25.4 Å².